The number of aromatic nitrogens is 1. The van der Waals surface area contributed by atoms with Crippen molar-refractivity contribution in [2.75, 3.05) is 0 Å². The first-order valence-electron chi connectivity index (χ1n) is 6.44. The van der Waals surface area contributed by atoms with Gasteiger partial charge >= 0.3 is 0 Å². The van der Waals surface area contributed by atoms with Crippen LogP contribution in [0.4, 0.5) is 4.39 Å². The zero-order valence-corrected chi connectivity index (χ0v) is 11.1. The Balaban J connectivity index is 2.34. The van der Waals surface area contributed by atoms with Gasteiger partial charge in [-0.2, -0.15) is 0 Å². The second-order valence-electron chi connectivity index (χ2n) is 5.00. The summed E-state index contributed by atoms with van der Waals surface area (Å²) in [6.45, 7) is 1.76. The van der Waals surface area contributed by atoms with Gasteiger partial charge in [0.05, 0.1) is 5.02 Å². The van der Waals surface area contributed by atoms with Crippen LogP contribution in [-0.2, 0) is 12.8 Å². The fraction of sp³-hybridized carbons (Fsp3) is 0.400. The normalized spacial score (nSPS) is 15.5. The Labute approximate surface area is 111 Å². The van der Waals surface area contributed by atoms with Gasteiger partial charge in [0.2, 0.25) is 0 Å². The van der Waals surface area contributed by atoms with Crippen LogP contribution in [-0.4, -0.2) is 4.98 Å². The Kier molecular flexibility index (Phi) is 2.98. The first-order chi connectivity index (χ1) is 8.68. The number of aryl methyl sites for hydroxylation is 2. The molecule has 2 aromatic rings. The van der Waals surface area contributed by atoms with Gasteiger partial charge in [-0.15, -0.1) is 0 Å². The van der Waals surface area contributed by atoms with Crippen LogP contribution >= 0.6 is 11.6 Å². The molecule has 0 saturated carbocycles. The maximum Gasteiger partial charge on any atom is 0.152 e. The number of halogens is 2. The third kappa shape index (κ3) is 1.79. The molecule has 1 aliphatic rings. The minimum atomic E-state index is -0.235. The minimum absolute atomic E-state index is 0.235. The minimum Gasteiger partial charge on any atom is -0.249 e. The van der Waals surface area contributed by atoms with Crippen molar-refractivity contribution in [3.8, 4) is 0 Å². The second-order valence-corrected chi connectivity index (χ2v) is 5.38. The molecule has 1 aromatic carbocycles. The summed E-state index contributed by atoms with van der Waals surface area (Å²) in [5.74, 6) is -0.235. The molecule has 0 N–H and O–H groups in total. The lowest BCUT2D eigenvalue weighted by molar-refractivity contribution is 0.627. The Hall–Kier alpha value is -1.15. The molecule has 1 aromatic heterocycles. The van der Waals surface area contributed by atoms with Crippen molar-refractivity contribution in [2.45, 2.75) is 39.0 Å². The van der Waals surface area contributed by atoms with Crippen LogP contribution in [0.5, 0.6) is 0 Å². The zero-order chi connectivity index (χ0) is 12.7. The highest BCUT2D eigenvalue weighted by Gasteiger charge is 2.18. The third-order valence-electron chi connectivity index (χ3n) is 3.75. The first kappa shape index (κ1) is 11.9. The molecular formula is C15H15ClFN. The van der Waals surface area contributed by atoms with Gasteiger partial charge < -0.3 is 0 Å². The predicted molar refractivity (Wildman–Crippen MR) is 72.7 cm³/mol. The maximum atomic E-state index is 14.1. The van der Waals surface area contributed by atoms with E-state index in [-0.39, 0.29) is 5.82 Å². The molecule has 18 heavy (non-hydrogen) atoms. The van der Waals surface area contributed by atoms with Gasteiger partial charge in [0, 0.05) is 11.1 Å². The second kappa shape index (κ2) is 4.51. The van der Waals surface area contributed by atoms with Crippen LogP contribution in [0.3, 0.4) is 0 Å². The highest BCUT2D eigenvalue weighted by molar-refractivity contribution is 6.36. The van der Waals surface area contributed by atoms with E-state index in [0.29, 0.717) is 16.1 Å². The van der Waals surface area contributed by atoms with Gasteiger partial charge in [-0.05, 0) is 43.7 Å². The Morgan fingerprint density at radius 2 is 1.94 bits per heavy atom. The average Bonchev–Trinajstić information content (AvgIpc) is 2.60. The van der Waals surface area contributed by atoms with Gasteiger partial charge in [-0.1, -0.05) is 30.2 Å². The number of benzene rings is 1. The fourth-order valence-corrected chi connectivity index (χ4v) is 3.03. The summed E-state index contributed by atoms with van der Waals surface area (Å²) < 4.78 is 14.1. The van der Waals surface area contributed by atoms with Crippen molar-refractivity contribution < 1.29 is 4.39 Å². The molecule has 94 valence electrons. The molecule has 0 saturated heterocycles. The van der Waals surface area contributed by atoms with Crippen molar-refractivity contribution in [3.63, 3.8) is 0 Å². The lowest BCUT2D eigenvalue weighted by atomic mass is 10.0. The quantitative estimate of drug-likeness (QED) is 0.633. The van der Waals surface area contributed by atoms with Crippen molar-refractivity contribution in [3.05, 3.63) is 39.8 Å². The van der Waals surface area contributed by atoms with E-state index in [9.17, 15) is 4.39 Å². The van der Waals surface area contributed by atoms with Gasteiger partial charge in [0.1, 0.15) is 5.52 Å². The summed E-state index contributed by atoms with van der Waals surface area (Å²) in [5.41, 5.74) is 3.18. The largest absolute Gasteiger partial charge is 0.249 e. The molecule has 3 heteroatoms. The maximum absolute atomic E-state index is 14.1. The molecule has 0 bridgehead atoms. The molecule has 1 nitrogen and oxygen atoms in total. The van der Waals surface area contributed by atoms with Gasteiger partial charge in [0.15, 0.2) is 5.82 Å². The standard InChI is InChI=1S/C15H15ClFN/c1-9-7-8-11-13(16)10-5-3-2-4-6-12(10)18-15(11)14(9)17/h7-8H,2-6H2,1H3. The SMILES string of the molecule is Cc1ccc2c(Cl)c3c(nc2c1F)CCCCC3. The first-order valence-corrected chi connectivity index (χ1v) is 6.82. The van der Waals surface area contributed by atoms with E-state index in [4.69, 9.17) is 11.6 Å². The molecule has 0 fully saturated rings. The summed E-state index contributed by atoms with van der Waals surface area (Å²) in [7, 11) is 0. The van der Waals surface area contributed by atoms with Crippen LogP contribution in [0.1, 0.15) is 36.1 Å². The Morgan fingerprint density at radius 1 is 1.17 bits per heavy atom. The van der Waals surface area contributed by atoms with E-state index in [1.54, 1.807) is 13.0 Å². The molecular weight excluding hydrogens is 249 g/mol. The van der Waals surface area contributed by atoms with Crippen molar-refractivity contribution in [1.29, 1.82) is 0 Å². The Bertz CT molecular complexity index is 622. The molecule has 1 aliphatic carbocycles. The highest BCUT2D eigenvalue weighted by Crippen LogP contribution is 2.33. The Morgan fingerprint density at radius 3 is 2.78 bits per heavy atom. The highest BCUT2D eigenvalue weighted by atomic mass is 35.5. The molecule has 0 radical (unpaired) electrons. The number of nitrogens with zero attached hydrogens (tertiary/aromatic N) is 1. The average molecular weight is 264 g/mol. The van der Waals surface area contributed by atoms with Crippen LogP contribution in [0.25, 0.3) is 10.9 Å². The topological polar surface area (TPSA) is 12.9 Å². The van der Waals surface area contributed by atoms with E-state index < -0.39 is 0 Å². The molecule has 0 atom stereocenters. The van der Waals surface area contributed by atoms with Crippen LogP contribution in [0.15, 0.2) is 12.1 Å². The van der Waals surface area contributed by atoms with Gasteiger partial charge in [0.25, 0.3) is 0 Å². The lowest BCUT2D eigenvalue weighted by Crippen LogP contribution is -2.00. The summed E-state index contributed by atoms with van der Waals surface area (Å²) in [4.78, 5) is 4.54. The molecule has 3 rings (SSSR count). The molecule has 1 heterocycles. The number of rotatable bonds is 0. The zero-order valence-electron chi connectivity index (χ0n) is 10.4. The van der Waals surface area contributed by atoms with Crippen LogP contribution in [0, 0.1) is 12.7 Å². The molecule has 0 unspecified atom stereocenters. The van der Waals surface area contributed by atoms with Crippen LogP contribution < -0.4 is 0 Å². The number of fused-ring (bicyclic) bond motifs is 2. The van der Waals surface area contributed by atoms with Crippen molar-refractivity contribution in [1.82, 2.24) is 4.98 Å². The number of pyridine rings is 1. The van der Waals surface area contributed by atoms with E-state index >= 15 is 0 Å². The van der Waals surface area contributed by atoms with Gasteiger partial charge in [-0.3, -0.25) is 0 Å². The van der Waals surface area contributed by atoms with Crippen molar-refractivity contribution >= 4 is 22.5 Å². The fourth-order valence-electron chi connectivity index (χ4n) is 2.68. The summed E-state index contributed by atoms with van der Waals surface area (Å²) in [5, 5.41) is 1.45. The number of hydrogen-bond acceptors (Lipinski definition) is 1. The number of hydrogen-bond donors (Lipinski definition) is 0. The summed E-state index contributed by atoms with van der Waals surface area (Å²) in [6.07, 6.45) is 5.35. The molecule has 0 spiro atoms. The van der Waals surface area contributed by atoms with E-state index in [0.717, 1.165) is 42.3 Å². The lowest BCUT2D eigenvalue weighted by Gasteiger charge is -2.12. The summed E-state index contributed by atoms with van der Waals surface area (Å²) in [6, 6.07) is 3.66. The molecule has 0 amide bonds. The van der Waals surface area contributed by atoms with Crippen molar-refractivity contribution in [2.24, 2.45) is 0 Å². The van der Waals surface area contributed by atoms with Crippen LogP contribution in [0.2, 0.25) is 5.02 Å². The summed E-state index contributed by atoms with van der Waals surface area (Å²) >= 11 is 6.45. The smallest absolute Gasteiger partial charge is 0.152 e. The van der Waals surface area contributed by atoms with E-state index in [1.165, 1.54) is 6.42 Å². The van der Waals surface area contributed by atoms with E-state index in [2.05, 4.69) is 4.98 Å². The monoisotopic (exact) mass is 263 g/mol. The van der Waals surface area contributed by atoms with E-state index in [1.807, 2.05) is 6.07 Å². The predicted octanol–water partition coefficient (Wildman–Crippen LogP) is 4.60. The third-order valence-corrected chi connectivity index (χ3v) is 4.18. The van der Waals surface area contributed by atoms with Gasteiger partial charge in [-0.25, -0.2) is 9.37 Å². The molecule has 0 aliphatic heterocycles.